The number of para-hydroxylation sites is 2. The summed E-state index contributed by atoms with van der Waals surface area (Å²) >= 11 is 2.15. The van der Waals surface area contributed by atoms with Crippen molar-refractivity contribution in [1.82, 2.24) is 15.2 Å². The molecule has 1 aromatic heterocycles. The van der Waals surface area contributed by atoms with Gasteiger partial charge in [-0.1, -0.05) is 30.3 Å². The number of aromatic amines is 1. The highest BCUT2D eigenvalue weighted by atomic mass is 127. The first-order valence-corrected chi connectivity index (χ1v) is 14.0. The smallest absolute Gasteiger partial charge is 0.247 e. The number of rotatable bonds is 12. The van der Waals surface area contributed by atoms with Gasteiger partial charge >= 0.3 is 0 Å². The van der Waals surface area contributed by atoms with E-state index in [4.69, 9.17) is 9.47 Å². The normalized spacial score (nSPS) is 19.0. The van der Waals surface area contributed by atoms with Crippen molar-refractivity contribution < 1.29 is 29.3 Å². The summed E-state index contributed by atoms with van der Waals surface area (Å²) in [6.45, 7) is 0.478. The Morgan fingerprint density at radius 3 is 2.69 bits per heavy atom. The zero-order valence-corrected chi connectivity index (χ0v) is 24.0. The zero-order chi connectivity index (χ0) is 27.8. The lowest BCUT2D eigenvalue weighted by molar-refractivity contribution is -0.139. The van der Waals surface area contributed by atoms with Gasteiger partial charge in [0.05, 0.1) is 29.2 Å². The van der Waals surface area contributed by atoms with Crippen LogP contribution in [0.25, 0.3) is 10.9 Å². The monoisotopic (exact) mass is 647 g/mol. The van der Waals surface area contributed by atoms with E-state index >= 15 is 0 Å². The van der Waals surface area contributed by atoms with Crippen LogP contribution in [0.15, 0.2) is 66.2 Å². The van der Waals surface area contributed by atoms with Gasteiger partial charge in [0.15, 0.2) is 0 Å². The van der Waals surface area contributed by atoms with Crippen LogP contribution in [0.5, 0.6) is 5.75 Å². The number of hydrogen-bond acceptors (Lipinski definition) is 6. The molecule has 10 heteroatoms. The number of ether oxygens (including phenoxy) is 2. The molecule has 208 valence electrons. The minimum Gasteiger partial charge on any atom is -0.482 e. The van der Waals surface area contributed by atoms with Crippen molar-refractivity contribution in [3.05, 3.63) is 75.5 Å². The van der Waals surface area contributed by atoms with Crippen molar-refractivity contribution in [2.75, 3.05) is 33.4 Å². The van der Waals surface area contributed by atoms with E-state index in [2.05, 4.69) is 39.0 Å². The third-order valence-corrected chi connectivity index (χ3v) is 7.65. The van der Waals surface area contributed by atoms with Gasteiger partial charge in [-0.3, -0.25) is 9.59 Å². The number of carbonyl (C=O) groups excluding carboxylic acids is 2. The van der Waals surface area contributed by atoms with E-state index in [1.807, 2.05) is 42.5 Å². The number of nitrogens with zero attached hydrogens (tertiary/aromatic N) is 1. The molecule has 2 amide bonds. The molecule has 4 rings (SSSR count). The lowest BCUT2D eigenvalue weighted by Gasteiger charge is -2.40. The Labute approximate surface area is 241 Å². The van der Waals surface area contributed by atoms with Crippen LogP contribution < -0.4 is 10.1 Å². The third kappa shape index (κ3) is 7.38. The van der Waals surface area contributed by atoms with Gasteiger partial charge in [0, 0.05) is 49.8 Å². The zero-order valence-electron chi connectivity index (χ0n) is 21.8. The highest BCUT2D eigenvalue weighted by Crippen LogP contribution is 2.30. The Balaban J connectivity index is 1.62. The van der Waals surface area contributed by atoms with Crippen LogP contribution in [-0.4, -0.2) is 83.6 Å². The molecule has 0 aliphatic heterocycles. The van der Waals surface area contributed by atoms with Crippen molar-refractivity contribution in [2.24, 2.45) is 0 Å². The third-order valence-electron chi connectivity index (χ3n) is 6.76. The summed E-state index contributed by atoms with van der Waals surface area (Å²) in [4.78, 5) is 31.4. The molecule has 0 radical (unpaired) electrons. The Hall–Kier alpha value is -2.93. The molecular weight excluding hydrogens is 613 g/mol. The molecule has 0 fully saturated rings. The van der Waals surface area contributed by atoms with E-state index in [0.29, 0.717) is 24.3 Å². The van der Waals surface area contributed by atoms with Crippen molar-refractivity contribution in [1.29, 1.82) is 0 Å². The van der Waals surface area contributed by atoms with E-state index in [-0.39, 0.29) is 44.4 Å². The van der Waals surface area contributed by atoms with Crippen LogP contribution in [0.3, 0.4) is 0 Å². The van der Waals surface area contributed by atoms with Gasteiger partial charge in [-0.05, 0) is 58.3 Å². The molecule has 1 heterocycles. The molecule has 39 heavy (non-hydrogen) atoms. The van der Waals surface area contributed by atoms with Gasteiger partial charge < -0.3 is 34.9 Å². The quantitative estimate of drug-likeness (QED) is 0.224. The molecule has 1 aliphatic rings. The second-order valence-electron chi connectivity index (χ2n) is 9.41. The summed E-state index contributed by atoms with van der Waals surface area (Å²) in [5, 5.41) is 24.5. The SMILES string of the molecule is COCCC(=O)N(CCc1cc2ccccc2[nH]1)[C@@H]1CC(C(=O)NCCO)=C[C@H](Oc2ccccc2I)[C@H]1O. The van der Waals surface area contributed by atoms with Crippen molar-refractivity contribution >= 4 is 45.3 Å². The van der Waals surface area contributed by atoms with Gasteiger partial charge in [-0.15, -0.1) is 0 Å². The number of amides is 2. The Morgan fingerprint density at radius 2 is 1.95 bits per heavy atom. The van der Waals surface area contributed by atoms with E-state index in [9.17, 15) is 19.8 Å². The van der Waals surface area contributed by atoms with Crippen LogP contribution in [0.1, 0.15) is 18.5 Å². The predicted molar refractivity (Wildman–Crippen MR) is 156 cm³/mol. The number of H-pyrrole nitrogens is 1. The minimum atomic E-state index is -1.08. The molecule has 3 aromatic rings. The predicted octanol–water partition coefficient (Wildman–Crippen LogP) is 2.80. The van der Waals surface area contributed by atoms with Crippen LogP contribution in [0.2, 0.25) is 0 Å². The lowest BCUT2D eigenvalue weighted by Crippen LogP contribution is -2.55. The topological polar surface area (TPSA) is 124 Å². The average molecular weight is 648 g/mol. The number of aliphatic hydroxyl groups excluding tert-OH is 2. The Bertz CT molecular complexity index is 1280. The highest BCUT2D eigenvalue weighted by Gasteiger charge is 2.40. The number of aliphatic hydroxyl groups is 2. The second kappa shape index (κ2) is 13.9. The molecule has 1 aliphatic carbocycles. The maximum atomic E-state index is 13.4. The van der Waals surface area contributed by atoms with Gasteiger partial charge in [0.25, 0.3) is 0 Å². The Kier molecular flexibility index (Phi) is 10.4. The van der Waals surface area contributed by atoms with Crippen LogP contribution in [-0.2, 0) is 20.7 Å². The number of nitrogens with one attached hydrogen (secondary N) is 2. The molecule has 4 N–H and O–H groups in total. The standard InChI is InChI=1S/C29H34IN3O6/c1-38-15-11-27(35)33(13-10-21-16-19-6-2-4-8-23(19)32-21)24-17-20(29(37)31-12-14-34)18-26(28(24)36)39-25-9-5-3-7-22(25)30/h2-9,16,18,24,26,28,32,34,36H,10-15,17H2,1H3,(H,31,37)/t24-,26+,28+/m1/s1. The molecule has 2 aromatic carbocycles. The largest absolute Gasteiger partial charge is 0.482 e. The van der Waals surface area contributed by atoms with Gasteiger partial charge in [0.1, 0.15) is 18.0 Å². The van der Waals surface area contributed by atoms with E-state index in [1.54, 1.807) is 17.0 Å². The van der Waals surface area contributed by atoms with Gasteiger partial charge in [-0.2, -0.15) is 0 Å². The molecule has 0 saturated carbocycles. The fourth-order valence-electron chi connectivity index (χ4n) is 4.78. The summed E-state index contributed by atoms with van der Waals surface area (Å²) in [7, 11) is 1.54. The molecule has 0 unspecified atom stereocenters. The molecule has 3 atom stereocenters. The fourth-order valence-corrected chi connectivity index (χ4v) is 5.30. The van der Waals surface area contributed by atoms with Crippen molar-refractivity contribution in [2.45, 2.75) is 37.5 Å². The summed E-state index contributed by atoms with van der Waals surface area (Å²) in [6.07, 6.45) is 0.505. The molecule has 0 bridgehead atoms. The average Bonchev–Trinajstić information content (AvgIpc) is 3.36. The maximum absolute atomic E-state index is 13.4. The minimum absolute atomic E-state index is 0.0996. The molecule has 0 spiro atoms. The number of aromatic nitrogens is 1. The maximum Gasteiger partial charge on any atom is 0.247 e. The second-order valence-corrected chi connectivity index (χ2v) is 10.6. The summed E-state index contributed by atoms with van der Waals surface area (Å²) < 4.78 is 12.2. The molecule has 0 saturated heterocycles. The van der Waals surface area contributed by atoms with Crippen molar-refractivity contribution in [3.8, 4) is 5.75 Å². The molecular formula is C29H34IN3O6. The van der Waals surface area contributed by atoms with E-state index in [1.165, 1.54) is 7.11 Å². The van der Waals surface area contributed by atoms with Gasteiger partial charge in [0.2, 0.25) is 11.8 Å². The van der Waals surface area contributed by atoms with Crippen molar-refractivity contribution in [3.63, 3.8) is 0 Å². The number of carbonyl (C=O) groups is 2. The first-order chi connectivity index (χ1) is 18.9. The van der Waals surface area contributed by atoms with Crippen LogP contribution in [0.4, 0.5) is 0 Å². The first kappa shape index (κ1) is 29.1. The number of halogens is 1. The van der Waals surface area contributed by atoms with Crippen LogP contribution >= 0.6 is 22.6 Å². The summed E-state index contributed by atoms with van der Waals surface area (Å²) in [5.74, 6) is 0.0313. The van der Waals surface area contributed by atoms with Gasteiger partial charge in [-0.25, -0.2) is 0 Å². The van der Waals surface area contributed by atoms with E-state index in [0.717, 1.165) is 20.2 Å². The van der Waals surface area contributed by atoms with Crippen LogP contribution in [0, 0.1) is 3.57 Å². The highest BCUT2D eigenvalue weighted by molar-refractivity contribution is 14.1. The summed E-state index contributed by atoms with van der Waals surface area (Å²) in [5.41, 5.74) is 2.37. The number of fused-ring (bicyclic) bond motifs is 1. The number of benzene rings is 2. The van der Waals surface area contributed by atoms with E-state index < -0.39 is 18.2 Å². The lowest BCUT2D eigenvalue weighted by atomic mass is 9.87. The Morgan fingerprint density at radius 1 is 1.18 bits per heavy atom. The number of methoxy groups -OCH3 is 1. The fraction of sp³-hybridized carbons (Fsp3) is 0.379. The first-order valence-electron chi connectivity index (χ1n) is 12.9. The molecule has 9 nitrogen and oxygen atoms in total. The summed E-state index contributed by atoms with van der Waals surface area (Å²) in [6, 6.07) is 16.7. The number of hydrogen-bond donors (Lipinski definition) is 4.